The molecule has 0 heterocycles. The lowest BCUT2D eigenvalue weighted by Crippen LogP contribution is -2.35. The first-order valence-corrected chi connectivity index (χ1v) is 7.29. The van der Waals surface area contributed by atoms with Crippen LogP contribution in [0.25, 0.3) is 0 Å². The summed E-state index contributed by atoms with van der Waals surface area (Å²) >= 11 is 0. The number of Topliss-reactive ketones (excluding diaryl/α,β-unsaturated/α-hetero) is 1. The zero-order valence-corrected chi connectivity index (χ0v) is 11.7. The van der Waals surface area contributed by atoms with Gasteiger partial charge >= 0.3 is 0 Å². The van der Waals surface area contributed by atoms with Crippen LogP contribution in [-0.2, 0) is 0 Å². The monoisotopic (exact) mass is 261 g/mol. The lowest BCUT2D eigenvalue weighted by Gasteiger charge is -2.22. The SMILES string of the molecule is CCOc1ccc(C(=O)CNC2CCCCC2)cc1. The first kappa shape index (κ1) is 14.1. The van der Waals surface area contributed by atoms with Crippen LogP contribution in [0.5, 0.6) is 5.75 Å². The highest BCUT2D eigenvalue weighted by Gasteiger charge is 2.14. The molecule has 0 aromatic heterocycles. The van der Waals surface area contributed by atoms with Gasteiger partial charge in [0.15, 0.2) is 5.78 Å². The first-order valence-electron chi connectivity index (χ1n) is 7.29. The third-order valence-corrected chi connectivity index (χ3v) is 3.64. The van der Waals surface area contributed by atoms with Crippen molar-refractivity contribution in [3.8, 4) is 5.75 Å². The number of carbonyl (C=O) groups excluding carboxylic acids is 1. The number of nitrogens with one attached hydrogen (secondary N) is 1. The highest BCUT2D eigenvalue weighted by Crippen LogP contribution is 2.17. The summed E-state index contributed by atoms with van der Waals surface area (Å²) in [7, 11) is 0. The van der Waals surface area contributed by atoms with Gasteiger partial charge in [-0.1, -0.05) is 19.3 Å². The molecule has 0 aliphatic heterocycles. The quantitative estimate of drug-likeness (QED) is 0.799. The van der Waals surface area contributed by atoms with Gasteiger partial charge in [-0.3, -0.25) is 4.79 Å². The Kier molecular flexibility index (Phi) is 5.40. The van der Waals surface area contributed by atoms with E-state index in [0.29, 0.717) is 19.2 Å². The van der Waals surface area contributed by atoms with Crippen LogP contribution < -0.4 is 10.1 Å². The molecule has 1 aliphatic rings. The molecule has 0 unspecified atom stereocenters. The maximum atomic E-state index is 12.1. The van der Waals surface area contributed by atoms with Gasteiger partial charge in [-0.15, -0.1) is 0 Å². The molecule has 0 atom stereocenters. The Balaban J connectivity index is 1.81. The van der Waals surface area contributed by atoms with E-state index in [1.54, 1.807) is 0 Å². The summed E-state index contributed by atoms with van der Waals surface area (Å²) < 4.78 is 5.37. The van der Waals surface area contributed by atoms with Crippen molar-refractivity contribution in [2.45, 2.75) is 45.1 Å². The minimum Gasteiger partial charge on any atom is -0.494 e. The Labute approximate surface area is 115 Å². The molecular weight excluding hydrogens is 238 g/mol. The fourth-order valence-corrected chi connectivity index (χ4v) is 2.55. The molecule has 0 bridgehead atoms. The maximum Gasteiger partial charge on any atom is 0.176 e. The van der Waals surface area contributed by atoms with Gasteiger partial charge in [-0.25, -0.2) is 0 Å². The molecule has 1 fully saturated rings. The van der Waals surface area contributed by atoms with E-state index in [1.807, 2.05) is 31.2 Å². The molecule has 0 amide bonds. The second-order valence-corrected chi connectivity index (χ2v) is 5.10. The highest BCUT2D eigenvalue weighted by atomic mass is 16.5. The summed E-state index contributed by atoms with van der Waals surface area (Å²) in [5.41, 5.74) is 0.756. The zero-order chi connectivity index (χ0) is 13.5. The lowest BCUT2D eigenvalue weighted by atomic mass is 9.95. The van der Waals surface area contributed by atoms with Gasteiger partial charge < -0.3 is 10.1 Å². The molecule has 0 saturated heterocycles. The van der Waals surface area contributed by atoms with Crippen molar-refractivity contribution >= 4 is 5.78 Å². The van der Waals surface area contributed by atoms with E-state index in [9.17, 15) is 4.79 Å². The Morgan fingerprint density at radius 2 is 1.89 bits per heavy atom. The maximum absolute atomic E-state index is 12.1. The average Bonchev–Trinajstić information content (AvgIpc) is 2.47. The Morgan fingerprint density at radius 1 is 1.21 bits per heavy atom. The van der Waals surface area contributed by atoms with E-state index >= 15 is 0 Å². The molecule has 1 aromatic carbocycles. The summed E-state index contributed by atoms with van der Waals surface area (Å²) in [6, 6.07) is 7.93. The molecular formula is C16H23NO2. The fraction of sp³-hybridized carbons (Fsp3) is 0.562. The minimum absolute atomic E-state index is 0.161. The third kappa shape index (κ3) is 4.35. The number of rotatable bonds is 6. The highest BCUT2D eigenvalue weighted by molar-refractivity contribution is 5.97. The summed E-state index contributed by atoms with van der Waals surface area (Å²) in [6.07, 6.45) is 6.32. The molecule has 1 aromatic rings. The van der Waals surface area contributed by atoms with Gasteiger partial charge in [0.1, 0.15) is 5.75 Å². The molecule has 1 saturated carbocycles. The summed E-state index contributed by atoms with van der Waals surface area (Å²) in [6.45, 7) is 3.04. The van der Waals surface area contributed by atoms with Crippen molar-refractivity contribution in [1.29, 1.82) is 0 Å². The first-order chi connectivity index (χ1) is 9.29. The van der Waals surface area contributed by atoms with Gasteiger partial charge in [-0.05, 0) is 44.0 Å². The van der Waals surface area contributed by atoms with E-state index in [1.165, 1.54) is 32.1 Å². The van der Waals surface area contributed by atoms with Crippen LogP contribution in [0.15, 0.2) is 24.3 Å². The molecule has 104 valence electrons. The average molecular weight is 261 g/mol. The van der Waals surface area contributed by atoms with Crippen LogP contribution in [-0.4, -0.2) is 25.0 Å². The number of ketones is 1. The predicted octanol–water partition coefficient (Wildman–Crippen LogP) is 3.19. The van der Waals surface area contributed by atoms with E-state index in [0.717, 1.165) is 11.3 Å². The topological polar surface area (TPSA) is 38.3 Å². The molecule has 0 spiro atoms. The number of ether oxygens (including phenoxy) is 1. The fourth-order valence-electron chi connectivity index (χ4n) is 2.55. The second kappa shape index (κ2) is 7.29. The van der Waals surface area contributed by atoms with Gasteiger partial charge in [0, 0.05) is 11.6 Å². The summed E-state index contributed by atoms with van der Waals surface area (Å²) in [5, 5.41) is 3.38. The number of hydrogen-bond acceptors (Lipinski definition) is 3. The van der Waals surface area contributed by atoms with Crippen LogP contribution in [0.2, 0.25) is 0 Å². The normalized spacial score (nSPS) is 16.3. The molecule has 2 rings (SSSR count). The van der Waals surface area contributed by atoms with Gasteiger partial charge in [0.2, 0.25) is 0 Å². The molecule has 3 heteroatoms. The number of benzene rings is 1. The number of carbonyl (C=O) groups is 1. The summed E-state index contributed by atoms with van der Waals surface area (Å²) in [4.78, 5) is 12.1. The molecule has 19 heavy (non-hydrogen) atoms. The van der Waals surface area contributed by atoms with Crippen molar-refractivity contribution < 1.29 is 9.53 Å². The van der Waals surface area contributed by atoms with Crippen molar-refractivity contribution in [2.24, 2.45) is 0 Å². The molecule has 1 N–H and O–H groups in total. The van der Waals surface area contributed by atoms with Crippen LogP contribution in [0.1, 0.15) is 49.4 Å². The lowest BCUT2D eigenvalue weighted by molar-refractivity contribution is 0.0984. The van der Waals surface area contributed by atoms with Gasteiger partial charge in [0.05, 0.1) is 13.2 Å². The van der Waals surface area contributed by atoms with Crippen LogP contribution >= 0.6 is 0 Å². The standard InChI is InChI=1S/C16H23NO2/c1-2-19-15-10-8-13(9-11-15)16(18)12-17-14-6-4-3-5-7-14/h8-11,14,17H,2-7,12H2,1H3. The third-order valence-electron chi connectivity index (χ3n) is 3.64. The van der Waals surface area contributed by atoms with Crippen molar-refractivity contribution in [2.75, 3.05) is 13.2 Å². The van der Waals surface area contributed by atoms with Gasteiger partial charge in [-0.2, -0.15) is 0 Å². The van der Waals surface area contributed by atoms with Gasteiger partial charge in [0.25, 0.3) is 0 Å². The Morgan fingerprint density at radius 3 is 2.53 bits per heavy atom. The van der Waals surface area contributed by atoms with Crippen LogP contribution in [0.3, 0.4) is 0 Å². The Hall–Kier alpha value is -1.35. The minimum atomic E-state index is 0.161. The van der Waals surface area contributed by atoms with E-state index in [-0.39, 0.29) is 5.78 Å². The van der Waals surface area contributed by atoms with E-state index in [2.05, 4.69) is 5.32 Å². The molecule has 3 nitrogen and oxygen atoms in total. The predicted molar refractivity (Wildman–Crippen MR) is 76.8 cm³/mol. The van der Waals surface area contributed by atoms with Crippen molar-refractivity contribution in [3.63, 3.8) is 0 Å². The largest absolute Gasteiger partial charge is 0.494 e. The van der Waals surface area contributed by atoms with E-state index in [4.69, 9.17) is 4.74 Å². The van der Waals surface area contributed by atoms with E-state index < -0.39 is 0 Å². The smallest absolute Gasteiger partial charge is 0.176 e. The summed E-state index contributed by atoms with van der Waals surface area (Å²) in [5.74, 6) is 0.980. The van der Waals surface area contributed by atoms with Crippen LogP contribution in [0, 0.1) is 0 Å². The second-order valence-electron chi connectivity index (χ2n) is 5.10. The van der Waals surface area contributed by atoms with Crippen LogP contribution in [0.4, 0.5) is 0 Å². The van der Waals surface area contributed by atoms with Crippen molar-refractivity contribution in [1.82, 2.24) is 5.32 Å². The Bertz CT molecular complexity index is 394. The molecule has 0 radical (unpaired) electrons. The molecule has 1 aliphatic carbocycles. The van der Waals surface area contributed by atoms with Crippen molar-refractivity contribution in [3.05, 3.63) is 29.8 Å². The zero-order valence-electron chi connectivity index (χ0n) is 11.7. The number of hydrogen-bond donors (Lipinski definition) is 1.